The Bertz CT molecular complexity index is 1100. The topological polar surface area (TPSA) is 77.3 Å². The van der Waals surface area contributed by atoms with E-state index in [-0.39, 0.29) is 16.5 Å². The quantitative estimate of drug-likeness (QED) is 0.247. The molecule has 7 heteroatoms. The predicted octanol–water partition coefficient (Wildman–Crippen LogP) is 6.43. The van der Waals surface area contributed by atoms with Crippen LogP contribution < -0.4 is 0 Å². The molecule has 6 heterocycles. The molecule has 184 valence electrons. The van der Waals surface area contributed by atoms with Gasteiger partial charge in [0.25, 0.3) is 0 Å². The molecular formula is C30H24N6Ni. The van der Waals surface area contributed by atoms with Crippen LogP contribution in [0.5, 0.6) is 0 Å². The molecule has 6 rings (SSSR count). The third-order valence-corrected chi connectivity index (χ3v) is 4.78. The first-order valence-corrected chi connectivity index (χ1v) is 11.4. The zero-order chi connectivity index (χ0) is 24.7. The predicted molar refractivity (Wildman–Crippen MR) is 142 cm³/mol. The normalized spacial score (nSPS) is 9.41. The maximum atomic E-state index is 4.19. The summed E-state index contributed by atoms with van der Waals surface area (Å²) in [6.07, 6.45) is 10.6. The van der Waals surface area contributed by atoms with Gasteiger partial charge in [0.1, 0.15) is 0 Å². The first-order chi connectivity index (χ1) is 17.9. The molecule has 0 saturated carbocycles. The number of aromatic nitrogens is 6. The van der Waals surface area contributed by atoms with E-state index in [0.717, 1.165) is 34.2 Å². The van der Waals surface area contributed by atoms with Gasteiger partial charge in [-0.3, -0.25) is 29.9 Å². The molecule has 0 N–H and O–H groups in total. The molecular weight excluding hydrogens is 503 g/mol. The van der Waals surface area contributed by atoms with Crippen molar-refractivity contribution in [3.8, 4) is 34.2 Å². The van der Waals surface area contributed by atoms with Gasteiger partial charge in [-0.1, -0.05) is 36.4 Å². The van der Waals surface area contributed by atoms with Gasteiger partial charge in [-0.15, -0.1) is 0 Å². The first kappa shape index (κ1) is 27.0. The van der Waals surface area contributed by atoms with E-state index < -0.39 is 0 Å². The molecule has 6 aromatic heterocycles. The van der Waals surface area contributed by atoms with Crippen molar-refractivity contribution in [2.24, 2.45) is 0 Å². The third kappa shape index (κ3) is 8.84. The average Bonchev–Trinajstić information content (AvgIpc) is 3.01. The minimum absolute atomic E-state index is 0. The summed E-state index contributed by atoms with van der Waals surface area (Å²) in [7, 11) is 0. The van der Waals surface area contributed by atoms with Crippen LogP contribution in [0.4, 0.5) is 0 Å². The maximum absolute atomic E-state index is 4.19. The van der Waals surface area contributed by atoms with Crippen LogP contribution in [0.2, 0.25) is 0 Å². The Morgan fingerprint density at radius 1 is 0.243 bits per heavy atom. The van der Waals surface area contributed by atoms with Gasteiger partial charge in [-0.05, 0) is 72.8 Å². The molecule has 0 atom stereocenters. The summed E-state index contributed by atoms with van der Waals surface area (Å²) in [6, 6.07) is 34.8. The molecule has 37 heavy (non-hydrogen) atoms. The van der Waals surface area contributed by atoms with Crippen LogP contribution >= 0.6 is 0 Å². The fourth-order valence-corrected chi connectivity index (χ4v) is 3.09. The van der Waals surface area contributed by atoms with Crippen LogP contribution in [0, 0.1) is 0 Å². The Morgan fingerprint density at radius 2 is 0.405 bits per heavy atom. The molecule has 0 aromatic carbocycles. The van der Waals surface area contributed by atoms with Crippen molar-refractivity contribution >= 4 is 0 Å². The van der Waals surface area contributed by atoms with Gasteiger partial charge in [-0.2, -0.15) is 0 Å². The smallest absolute Gasteiger partial charge is 0.0886 e. The number of rotatable bonds is 3. The maximum Gasteiger partial charge on any atom is 0.0886 e. The van der Waals surface area contributed by atoms with E-state index in [0.29, 0.717) is 0 Å². The van der Waals surface area contributed by atoms with Gasteiger partial charge in [0, 0.05) is 53.7 Å². The zero-order valence-electron chi connectivity index (χ0n) is 19.9. The van der Waals surface area contributed by atoms with Crippen molar-refractivity contribution < 1.29 is 16.5 Å². The van der Waals surface area contributed by atoms with E-state index in [1.807, 2.05) is 109 Å². The fraction of sp³-hybridized carbons (Fsp3) is 0. The van der Waals surface area contributed by atoms with Crippen molar-refractivity contribution in [2.45, 2.75) is 0 Å². The molecule has 6 aromatic rings. The van der Waals surface area contributed by atoms with E-state index in [2.05, 4.69) is 29.9 Å². The number of nitrogens with zero attached hydrogens (tertiary/aromatic N) is 6. The Balaban J connectivity index is 0.000000152. The van der Waals surface area contributed by atoms with Crippen LogP contribution in [-0.2, 0) is 16.5 Å². The monoisotopic (exact) mass is 526 g/mol. The average molecular weight is 527 g/mol. The number of hydrogen-bond donors (Lipinski definition) is 0. The Kier molecular flexibility index (Phi) is 11.2. The second-order valence-corrected chi connectivity index (χ2v) is 7.29. The van der Waals surface area contributed by atoms with Crippen LogP contribution in [0.25, 0.3) is 34.2 Å². The van der Waals surface area contributed by atoms with Gasteiger partial charge >= 0.3 is 0 Å². The Morgan fingerprint density at radius 3 is 0.514 bits per heavy atom. The Labute approximate surface area is 226 Å². The van der Waals surface area contributed by atoms with Gasteiger partial charge < -0.3 is 0 Å². The SMILES string of the molecule is [Ni].c1ccc(-c2ccccn2)nc1.c1ccc(-c2ccccn2)nc1.c1ccc(-c2ccccn2)nc1. The van der Waals surface area contributed by atoms with Crippen molar-refractivity contribution in [3.05, 3.63) is 146 Å². The van der Waals surface area contributed by atoms with Crippen molar-refractivity contribution in [3.63, 3.8) is 0 Å². The summed E-state index contributed by atoms with van der Waals surface area (Å²) in [5, 5.41) is 0. The van der Waals surface area contributed by atoms with Crippen LogP contribution in [0.1, 0.15) is 0 Å². The molecule has 0 unspecified atom stereocenters. The molecule has 0 aliphatic carbocycles. The van der Waals surface area contributed by atoms with E-state index in [9.17, 15) is 0 Å². The van der Waals surface area contributed by atoms with Gasteiger partial charge in [0.05, 0.1) is 34.2 Å². The van der Waals surface area contributed by atoms with Gasteiger partial charge in [0.15, 0.2) is 0 Å². The summed E-state index contributed by atoms with van der Waals surface area (Å²) in [5.74, 6) is 0. The van der Waals surface area contributed by atoms with E-state index >= 15 is 0 Å². The number of hydrogen-bond acceptors (Lipinski definition) is 6. The number of pyridine rings is 6. The minimum Gasteiger partial charge on any atom is -0.255 e. The second-order valence-electron chi connectivity index (χ2n) is 7.29. The van der Waals surface area contributed by atoms with E-state index in [1.165, 1.54) is 0 Å². The Hall–Kier alpha value is -4.61. The van der Waals surface area contributed by atoms with Gasteiger partial charge in [-0.25, -0.2) is 0 Å². The molecule has 0 spiro atoms. The molecule has 0 aliphatic heterocycles. The minimum atomic E-state index is 0. The van der Waals surface area contributed by atoms with Crippen molar-refractivity contribution in [2.75, 3.05) is 0 Å². The fourth-order valence-electron chi connectivity index (χ4n) is 3.09. The molecule has 0 bridgehead atoms. The summed E-state index contributed by atoms with van der Waals surface area (Å²) in [5.41, 5.74) is 5.49. The van der Waals surface area contributed by atoms with E-state index in [1.54, 1.807) is 37.2 Å². The molecule has 0 saturated heterocycles. The van der Waals surface area contributed by atoms with Gasteiger partial charge in [0.2, 0.25) is 0 Å². The molecule has 0 radical (unpaired) electrons. The van der Waals surface area contributed by atoms with Crippen molar-refractivity contribution in [1.82, 2.24) is 29.9 Å². The largest absolute Gasteiger partial charge is 0.255 e. The van der Waals surface area contributed by atoms with E-state index in [4.69, 9.17) is 0 Å². The summed E-state index contributed by atoms with van der Waals surface area (Å²) in [4.78, 5) is 25.1. The molecule has 0 fully saturated rings. The van der Waals surface area contributed by atoms with Crippen molar-refractivity contribution in [1.29, 1.82) is 0 Å². The summed E-state index contributed by atoms with van der Waals surface area (Å²) < 4.78 is 0. The zero-order valence-corrected chi connectivity index (χ0v) is 20.8. The summed E-state index contributed by atoms with van der Waals surface area (Å²) in [6.45, 7) is 0. The van der Waals surface area contributed by atoms with Crippen LogP contribution in [0.15, 0.2) is 146 Å². The molecule has 0 amide bonds. The van der Waals surface area contributed by atoms with Crippen LogP contribution in [0.3, 0.4) is 0 Å². The first-order valence-electron chi connectivity index (χ1n) is 11.4. The summed E-state index contributed by atoms with van der Waals surface area (Å²) >= 11 is 0. The third-order valence-electron chi connectivity index (χ3n) is 4.78. The molecule has 6 nitrogen and oxygen atoms in total. The molecule has 0 aliphatic rings. The standard InChI is InChI=1S/3C10H8N2.Ni/c3*1-3-7-11-9(5-1)10-6-2-4-8-12-10;/h3*1-8H;. The second kappa shape index (κ2) is 15.4. The van der Waals surface area contributed by atoms with Crippen LogP contribution in [-0.4, -0.2) is 29.9 Å².